The Morgan fingerprint density at radius 2 is 2.13 bits per heavy atom. The number of hydrogen-bond donors (Lipinski definition) is 1. The minimum Gasteiger partial charge on any atom is -0.377 e. The van der Waals surface area contributed by atoms with Gasteiger partial charge in [0, 0.05) is 26.1 Å². The third kappa shape index (κ3) is 4.18. The summed E-state index contributed by atoms with van der Waals surface area (Å²) in [6.07, 6.45) is 3.82. The van der Waals surface area contributed by atoms with E-state index in [-0.39, 0.29) is 5.91 Å². The van der Waals surface area contributed by atoms with E-state index >= 15 is 0 Å². The summed E-state index contributed by atoms with van der Waals surface area (Å²) in [5, 5.41) is 0. The Morgan fingerprint density at radius 3 is 2.67 bits per heavy atom. The first-order valence-corrected chi connectivity index (χ1v) is 5.87. The first kappa shape index (κ1) is 12.5. The van der Waals surface area contributed by atoms with Crippen LogP contribution in [-0.4, -0.2) is 43.2 Å². The molecule has 0 aromatic heterocycles. The number of ether oxygens (including phenoxy) is 1. The van der Waals surface area contributed by atoms with Gasteiger partial charge in [-0.3, -0.25) is 4.79 Å². The predicted molar refractivity (Wildman–Crippen MR) is 59.5 cm³/mol. The van der Waals surface area contributed by atoms with Gasteiger partial charge in [0.1, 0.15) is 0 Å². The highest BCUT2D eigenvalue weighted by Crippen LogP contribution is 2.14. The van der Waals surface area contributed by atoms with Gasteiger partial charge in [-0.25, -0.2) is 0 Å². The number of carbonyl (C=O) groups is 1. The van der Waals surface area contributed by atoms with Gasteiger partial charge in [-0.15, -0.1) is 0 Å². The fourth-order valence-electron chi connectivity index (χ4n) is 1.88. The van der Waals surface area contributed by atoms with Gasteiger partial charge in [-0.1, -0.05) is 6.92 Å². The van der Waals surface area contributed by atoms with Crippen LogP contribution >= 0.6 is 0 Å². The van der Waals surface area contributed by atoms with Crippen LogP contribution in [0.2, 0.25) is 0 Å². The third-order valence-corrected chi connectivity index (χ3v) is 2.73. The highest BCUT2D eigenvalue weighted by Gasteiger charge is 2.22. The summed E-state index contributed by atoms with van der Waals surface area (Å²) in [5.74, 6) is 0.287. The van der Waals surface area contributed by atoms with Crippen LogP contribution in [0.4, 0.5) is 0 Å². The zero-order valence-corrected chi connectivity index (χ0v) is 9.58. The predicted octanol–water partition coefficient (Wildman–Crippen LogP) is 0.753. The first-order chi connectivity index (χ1) is 7.27. The average molecular weight is 214 g/mol. The maximum absolute atomic E-state index is 11.6. The van der Waals surface area contributed by atoms with Gasteiger partial charge in [0.05, 0.1) is 12.7 Å². The molecule has 0 saturated carbocycles. The number of likely N-dealkylation sites (tertiary alicyclic amines) is 1. The van der Waals surface area contributed by atoms with Crippen LogP contribution in [0, 0.1) is 0 Å². The Labute approximate surface area is 91.8 Å². The molecule has 0 aromatic carbocycles. The van der Waals surface area contributed by atoms with Crippen molar-refractivity contribution in [3.63, 3.8) is 0 Å². The fourth-order valence-corrected chi connectivity index (χ4v) is 1.88. The molecule has 0 bridgehead atoms. The van der Waals surface area contributed by atoms with Crippen LogP contribution in [-0.2, 0) is 9.53 Å². The second kappa shape index (κ2) is 6.80. The van der Waals surface area contributed by atoms with Gasteiger partial charge in [-0.2, -0.15) is 0 Å². The molecule has 0 radical (unpaired) electrons. The van der Waals surface area contributed by atoms with Gasteiger partial charge in [-0.05, 0) is 19.3 Å². The Bertz CT molecular complexity index is 189. The summed E-state index contributed by atoms with van der Waals surface area (Å²) in [7, 11) is 0. The van der Waals surface area contributed by atoms with Gasteiger partial charge >= 0.3 is 0 Å². The Hall–Kier alpha value is -0.610. The van der Waals surface area contributed by atoms with E-state index in [1.807, 2.05) is 11.8 Å². The minimum absolute atomic E-state index is 0.287. The largest absolute Gasteiger partial charge is 0.377 e. The molecule has 1 saturated heterocycles. The second-order valence-electron chi connectivity index (χ2n) is 3.99. The van der Waals surface area contributed by atoms with E-state index in [4.69, 9.17) is 10.5 Å². The number of hydrogen-bond acceptors (Lipinski definition) is 3. The standard InChI is InChI=1S/C11H22N2O2/c1-2-3-11(14)13-7-4-10(5-8-13)15-9-6-12/h10H,2-9,12H2,1H3. The van der Waals surface area contributed by atoms with E-state index in [9.17, 15) is 4.79 Å². The van der Waals surface area contributed by atoms with Crippen molar-refractivity contribution in [3.8, 4) is 0 Å². The highest BCUT2D eigenvalue weighted by molar-refractivity contribution is 5.76. The van der Waals surface area contributed by atoms with Crippen LogP contribution in [0.3, 0.4) is 0 Å². The quantitative estimate of drug-likeness (QED) is 0.735. The summed E-state index contributed by atoms with van der Waals surface area (Å²) in [4.78, 5) is 13.5. The van der Waals surface area contributed by atoms with Crippen LogP contribution in [0.15, 0.2) is 0 Å². The van der Waals surface area contributed by atoms with Crippen LogP contribution in [0.1, 0.15) is 32.6 Å². The summed E-state index contributed by atoms with van der Waals surface area (Å²) >= 11 is 0. The molecular weight excluding hydrogens is 192 g/mol. The molecule has 1 amide bonds. The molecule has 0 aliphatic carbocycles. The number of rotatable bonds is 5. The molecule has 15 heavy (non-hydrogen) atoms. The van der Waals surface area contributed by atoms with Gasteiger partial charge in [0.25, 0.3) is 0 Å². The van der Waals surface area contributed by atoms with Crippen molar-refractivity contribution < 1.29 is 9.53 Å². The molecule has 2 N–H and O–H groups in total. The molecule has 88 valence electrons. The second-order valence-corrected chi connectivity index (χ2v) is 3.99. The van der Waals surface area contributed by atoms with Crippen LogP contribution < -0.4 is 5.73 Å². The lowest BCUT2D eigenvalue weighted by atomic mass is 10.1. The summed E-state index contributed by atoms with van der Waals surface area (Å²) in [6.45, 7) is 4.93. The van der Waals surface area contributed by atoms with Crippen molar-refractivity contribution in [2.75, 3.05) is 26.2 Å². The number of amides is 1. The maximum Gasteiger partial charge on any atom is 0.222 e. The van der Waals surface area contributed by atoms with Crippen molar-refractivity contribution in [1.29, 1.82) is 0 Å². The van der Waals surface area contributed by atoms with Gasteiger partial charge in [0.2, 0.25) is 5.91 Å². The SMILES string of the molecule is CCCC(=O)N1CCC(OCCN)CC1. The molecular formula is C11H22N2O2. The lowest BCUT2D eigenvalue weighted by molar-refractivity contribution is -0.133. The summed E-state index contributed by atoms with van der Waals surface area (Å²) in [6, 6.07) is 0. The Morgan fingerprint density at radius 1 is 1.47 bits per heavy atom. The highest BCUT2D eigenvalue weighted by atomic mass is 16.5. The van der Waals surface area contributed by atoms with Crippen LogP contribution in [0.25, 0.3) is 0 Å². The normalized spacial score (nSPS) is 18.1. The van der Waals surface area contributed by atoms with Gasteiger partial charge in [0.15, 0.2) is 0 Å². The van der Waals surface area contributed by atoms with Crippen molar-refractivity contribution in [3.05, 3.63) is 0 Å². The molecule has 1 rings (SSSR count). The zero-order chi connectivity index (χ0) is 11.1. The Balaban J connectivity index is 2.20. The maximum atomic E-state index is 11.6. The molecule has 0 spiro atoms. The van der Waals surface area contributed by atoms with E-state index in [0.29, 0.717) is 25.7 Å². The third-order valence-electron chi connectivity index (χ3n) is 2.73. The Kier molecular flexibility index (Phi) is 5.65. The molecule has 0 unspecified atom stereocenters. The lowest BCUT2D eigenvalue weighted by Crippen LogP contribution is -2.41. The number of nitrogens with zero attached hydrogens (tertiary/aromatic N) is 1. The molecule has 0 aromatic rings. The van der Waals surface area contributed by atoms with E-state index in [0.717, 1.165) is 32.4 Å². The number of piperidine rings is 1. The van der Waals surface area contributed by atoms with Crippen molar-refractivity contribution >= 4 is 5.91 Å². The number of nitrogens with two attached hydrogens (primary N) is 1. The molecule has 4 heteroatoms. The summed E-state index contributed by atoms with van der Waals surface area (Å²) in [5.41, 5.74) is 5.37. The molecule has 1 fully saturated rings. The molecule has 1 heterocycles. The average Bonchev–Trinajstić information content (AvgIpc) is 2.27. The summed E-state index contributed by atoms with van der Waals surface area (Å²) < 4.78 is 5.56. The fraction of sp³-hybridized carbons (Fsp3) is 0.909. The van der Waals surface area contributed by atoms with Crippen LogP contribution in [0.5, 0.6) is 0 Å². The van der Waals surface area contributed by atoms with Crippen molar-refractivity contribution in [2.45, 2.75) is 38.7 Å². The topological polar surface area (TPSA) is 55.6 Å². The molecule has 0 atom stereocenters. The van der Waals surface area contributed by atoms with Crippen molar-refractivity contribution in [1.82, 2.24) is 4.90 Å². The monoisotopic (exact) mass is 214 g/mol. The zero-order valence-electron chi connectivity index (χ0n) is 9.58. The molecule has 1 aliphatic rings. The number of carbonyl (C=O) groups excluding carboxylic acids is 1. The molecule has 4 nitrogen and oxygen atoms in total. The first-order valence-electron chi connectivity index (χ1n) is 5.87. The van der Waals surface area contributed by atoms with E-state index in [1.54, 1.807) is 0 Å². The minimum atomic E-state index is 0.287. The van der Waals surface area contributed by atoms with E-state index in [2.05, 4.69) is 0 Å². The lowest BCUT2D eigenvalue weighted by Gasteiger charge is -2.31. The van der Waals surface area contributed by atoms with E-state index < -0.39 is 0 Å². The smallest absolute Gasteiger partial charge is 0.222 e. The van der Waals surface area contributed by atoms with E-state index in [1.165, 1.54) is 0 Å². The molecule has 1 aliphatic heterocycles. The van der Waals surface area contributed by atoms with Gasteiger partial charge < -0.3 is 15.4 Å². The van der Waals surface area contributed by atoms with Crippen molar-refractivity contribution in [2.24, 2.45) is 5.73 Å².